The first-order valence-electron chi connectivity index (χ1n) is 10.8. The second-order valence-corrected chi connectivity index (χ2v) is 8.25. The van der Waals surface area contributed by atoms with Crippen LogP contribution in [0.25, 0.3) is 0 Å². The monoisotopic (exact) mass is 540 g/mol. The van der Waals surface area contributed by atoms with E-state index >= 15 is 0 Å². The fourth-order valence-corrected chi connectivity index (χ4v) is 3.50. The molecule has 3 aromatic carbocycles. The predicted molar refractivity (Wildman–Crippen MR) is 136 cm³/mol. The Morgan fingerprint density at radius 1 is 0.971 bits per heavy atom. The number of methoxy groups -OCH3 is 1. The highest BCUT2D eigenvalue weighted by Gasteiger charge is 2.11. The summed E-state index contributed by atoms with van der Waals surface area (Å²) >= 11 is 3.47. The van der Waals surface area contributed by atoms with E-state index in [-0.39, 0.29) is 18.1 Å². The highest BCUT2D eigenvalue weighted by molar-refractivity contribution is 9.10. The van der Waals surface area contributed by atoms with Crippen LogP contribution in [-0.4, -0.2) is 36.9 Å². The molecule has 1 amide bonds. The lowest BCUT2D eigenvalue weighted by Crippen LogP contribution is -2.17. The number of halogens is 1. The van der Waals surface area contributed by atoms with E-state index in [1.54, 1.807) is 48.5 Å². The van der Waals surface area contributed by atoms with Gasteiger partial charge in [0.2, 0.25) is 0 Å². The van der Waals surface area contributed by atoms with Gasteiger partial charge in [-0.15, -0.1) is 0 Å². The van der Waals surface area contributed by atoms with Crippen LogP contribution in [0.5, 0.6) is 17.2 Å². The average molecular weight is 541 g/mol. The fourth-order valence-electron chi connectivity index (χ4n) is 2.99. The third-order valence-electron chi connectivity index (χ3n) is 4.82. The number of ether oxygens (including phenoxy) is 3. The number of hydrogen-bond donors (Lipinski definition) is 2. The summed E-state index contributed by atoms with van der Waals surface area (Å²) in [5.41, 5.74) is 4.71. The van der Waals surface area contributed by atoms with Crippen LogP contribution in [0.1, 0.15) is 45.2 Å². The summed E-state index contributed by atoms with van der Waals surface area (Å²) in [6.45, 7) is 2.86. The summed E-state index contributed by atoms with van der Waals surface area (Å²) in [6, 6.07) is 16.8. The van der Waals surface area contributed by atoms with Crippen molar-refractivity contribution >= 4 is 34.0 Å². The van der Waals surface area contributed by atoms with E-state index < -0.39 is 5.97 Å². The van der Waals surface area contributed by atoms with Crippen molar-refractivity contribution in [3.8, 4) is 17.2 Å². The van der Waals surface area contributed by atoms with Crippen molar-refractivity contribution in [3.05, 3.63) is 87.4 Å². The van der Waals surface area contributed by atoms with Crippen molar-refractivity contribution < 1.29 is 28.9 Å². The fraction of sp³-hybridized carbons (Fsp3) is 0.192. The molecule has 0 atom stereocenters. The number of rotatable bonds is 11. The van der Waals surface area contributed by atoms with E-state index in [2.05, 4.69) is 26.5 Å². The predicted octanol–water partition coefficient (Wildman–Crippen LogP) is 5.29. The number of nitrogens with zero attached hydrogens (tertiary/aromatic N) is 1. The van der Waals surface area contributed by atoms with Gasteiger partial charge < -0.3 is 19.3 Å². The molecule has 8 nitrogen and oxygen atoms in total. The summed E-state index contributed by atoms with van der Waals surface area (Å²) in [4.78, 5) is 23.4. The molecule has 0 aliphatic carbocycles. The van der Waals surface area contributed by atoms with Gasteiger partial charge in [-0.2, -0.15) is 5.10 Å². The largest absolute Gasteiger partial charge is 0.493 e. The Morgan fingerprint density at radius 3 is 2.34 bits per heavy atom. The number of hydrazone groups is 1. The Balaban J connectivity index is 1.57. The molecule has 0 saturated carbocycles. The average Bonchev–Trinajstić information content (AvgIpc) is 2.87. The summed E-state index contributed by atoms with van der Waals surface area (Å²) in [7, 11) is 1.52. The topological polar surface area (TPSA) is 106 Å². The molecule has 2 N–H and O–H groups in total. The van der Waals surface area contributed by atoms with Crippen molar-refractivity contribution in [2.24, 2.45) is 5.10 Å². The van der Waals surface area contributed by atoms with Gasteiger partial charge in [0.25, 0.3) is 5.91 Å². The molecule has 0 spiro atoms. The zero-order valence-electron chi connectivity index (χ0n) is 19.3. The number of carbonyl (C=O) groups is 2. The maximum atomic E-state index is 12.4. The molecule has 0 fully saturated rings. The van der Waals surface area contributed by atoms with Gasteiger partial charge in [0.15, 0.2) is 11.5 Å². The zero-order chi connectivity index (χ0) is 25.2. The van der Waals surface area contributed by atoms with E-state index in [0.717, 1.165) is 17.5 Å². The molecule has 3 aromatic rings. The molecular weight excluding hydrogens is 516 g/mol. The van der Waals surface area contributed by atoms with Crippen LogP contribution >= 0.6 is 15.9 Å². The van der Waals surface area contributed by atoms with Crippen molar-refractivity contribution in [2.75, 3.05) is 13.7 Å². The van der Waals surface area contributed by atoms with Gasteiger partial charge in [-0.1, -0.05) is 19.1 Å². The van der Waals surface area contributed by atoms with Crippen LogP contribution in [-0.2, 0) is 6.61 Å². The first kappa shape index (κ1) is 25.8. The van der Waals surface area contributed by atoms with Crippen molar-refractivity contribution in [1.29, 1.82) is 0 Å². The van der Waals surface area contributed by atoms with Crippen LogP contribution in [0.15, 0.2) is 70.2 Å². The molecular formula is C26H25BrN2O6. The number of carbonyl (C=O) groups excluding carboxylic acids is 1. The van der Waals surface area contributed by atoms with Gasteiger partial charge in [-0.3, -0.25) is 4.79 Å². The van der Waals surface area contributed by atoms with Crippen LogP contribution in [0.4, 0.5) is 0 Å². The van der Waals surface area contributed by atoms with Crippen LogP contribution in [0, 0.1) is 0 Å². The van der Waals surface area contributed by atoms with Crippen LogP contribution in [0.3, 0.4) is 0 Å². The number of carboxylic acid groups (broad SMARTS) is 1. The Morgan fingerprint density at radius 2 is 1.69 bits per heavy atom. The van der Waals surface area contributed by atoms with E-state index in [1.807, 2.05) is 6.92 Å². The third-order valence-corrected chi connectivity index (χ3v) is 5.44. The Bertz CT molecular complexity index is 1210. The minimum atomic E-state index is -0.969. The number of amides is 1. The molecule has 9 heteroatoms. The first-order chi connectivity index (χ1) is 16.9. The third kappa shape index (κ3) is 7.31. The molecule has 0 radical (unpaired) electrons. The normalized spacial score (nSPS) is 10.7. The number of carboxylic acids is 1. The molecule has 0 bridgehead atoms. The van der Waals surface area contributed by atoms with E-state index in [4.69, 9.17) is 19.3 Å². The molecule has 0 unspecified atom stereocenters. The summed E-state index contributed by atoms with van der Waals surface area (Å²) in [5.74, 6) is 0.329. The minimum Gasteiger partial charge on any atom is -0.493 e. The molecule has 3 rings (SSSR count). The first-order valence-corrected chi connectivity index (χ1v) is 11.6. The molecule has 182 valence electrons. The zero-order valence-corrected chi connectivity index (χ0v) is 20.9. The maximum absolute atomic E-state index is 12.4. The maximum Gasteiger partial charge on any atom is 0.335 e. The van der Waals surface area contributed by atoms with E-state index in [9.17, 15) is 9.59 Å². The lowest BCUT2D eigenvalue weighted by atomic mass is 10.1. The Kier molecular flexibility index (Phi) is 9.25. The van der Waals surface area contributed by atoms with Crippen LogP contribution < -0.4 is 19.6 Å². The molecule has 35 heavy (non-hydrogen) atoms. The minimum absolute atomic E-state index is 0.225. The van der Waals surface area contributed by atoms with E-state index in [1.165, 1.54) is 25.5 Å². The Hall–Kier alpha value is -3.85. The highest BCUT2D eigenvalue weighted by Crippen LogP contribution is 2.28. The number of aromatic carboxylic acids is 1. The van der Waals surface area contributed by atoms with Gasteiger partial charge in [0.05, 0.1) is 30.0 Å². The standard InChI is InChI=1S/C26H25BrN2O6/c1-3-12-34-23-11-9-20(14-24(23)33-2)25(30)29-28-15-18-6-10-22(21(27)13-18)35-16-17-4-7-19(8-5-17)26(31)32/h4-11,13-15H,3,12,16H2,1-2H3,(H,29,30)(H,31,32)/b28-15+. The molecule has 0 aliphatic heterocycles. The van der Waals surface area contributed by atoms with Crippen LogP contribution in [0.2, 0.25) is 0 Å². The van der Waals surface area contributed by atoms with Crippen molar-refractivity contribution in [2.45, 2.75) is 20.0 Å². The highest BCUT2D eigenvalue weighted by atomic mass is 79.9. The van der Waals surface area contributed by atoms with Gasteiger partial charge in [0, 0.05) is 5.56 Å². The number of nitrogens with one attached hydrogen (secondary N) is 1. The smallest absolute Gasteiger partial charge is 0.335 e. The quantitative estimate of drug-likeness (QED) is 0.253. The van der Waals surface area contributed by atoms with Gasteiger partial charge in [-0.25, -0.2) is 10.2 Å². The van der Waals surface area contributed by atoms with Crippen molar-refractivity contribution in [3.63, 3.8) is 0 Å². The molecule has 0 saturated heterocycles. The lowest BCUT2D eigenvalue weighted by molar-refractivity contribution is 0.0696. The summed E-state index contributed by atoms with van der Waals surface area (Å²) in [6.07, 6.45) is 2.39. The summed E-state index contributed by atoms with van der Waals surface area (Å²) < 4.78 is 17.4. The molecule has 0 aliphatic rings. The van der Waals surface area contributed by atoms with Crippen molar-refractivity contribution in [1.82, 2.24) is 5.43 Å². The Labute approximate surface area is 211 Å². The van der Waals surface area contributed by atoms with E-state index in [0.29, 0.717) is 33.9 Å². The second kappa shape index (κ2) is 12.6. The molecule has 0 aromatic heterocycles. The number of benzene rings is 3. The lowest BCUT2D eigenvalue weighted by Gasteiger charge is -2.11. The van der Waals surface area contributed by atoms with Gasteiger partial charge >= 0.3 is 5.97 Å². The second-order valence-electron chi connectivity index (χ2n) is 7.39. The molecule has 0 heterocycles. The van der Waals surface area contributed by atoms with Gasteiger partial charge in [-0.05, 0) is 82.0 Å². The summed E-state index contributed by atoms with van der Waals surface area (Å²) in [5, 5.41) is 13.0. The SMILES string of the molecule is CCCOc1ccc(C(=O)N/N=C/c2ccc(OCc3ccc(C(=O)O)cc3)c(Br)c2)cc1OC. The van der Waals surface area contributed by atoms with Gasteiger partial charge in [0.1, 0.15) is 12.4 Å². The number of hydrogen-bond acceptors (Lipinski definition) is 6.